The molecule has 0 unspecified atom stereocenters. The number of nitrogens with zero attached hydrogens (tertiary/aromatic N) is 2. The average Bonchev–Trinajstić information content (AvgIpc) is 2.61. The summed E-state index contributed by atoms with van der Waals surface area (Å²) >= 11 is 0. The number of aryl methyl sites for hydroxylation is 1. The molecule has 27 heavy (non-hydrogen) atoms. The molecule has 0 aromatic heterocycles. The predicted molar refractivity (Wildman–Crippen MR) is 102 cm³/mol. The van der Waals surface area contributed by atoms with Gasteiger partial charge in [0.2, 0.25) is 0 Å². The molecule has 0 saturated heterocycles. The second-order valence-electron chi connectivity index (χ2n) is 6.57. The largest absolute Gasteiger partial charge is 0.412 e. The van der Waals surface area contributed by atoms with E-state index in [1.165, 1.54) is 31.4 Å². The van der Waals surface area contributed by atoms with Crippen molar-refractivity contribution in [3.05, 3.63) is 37.9 Å². The van der Waals surface area contributed by atoms with E-state index in [1.807, 2.05) is 0 Å². The van der Waals surface area contributed by atoms with Crippen LogP contribution in [0.3, 0.4) is 0 Å². The van der Waals surface area contributed by atoms with E-state index >= 15 is 0 Å². The van der Waals surface area contributed by atoms with Crippen LogP contribution in [-0.4, -0.2) is 15.8 Å². The molecule has 1 aromatic rings. The van der Waals surface area contributed by atoms with Crippen molar-refractivity contribution in [2.45, 2.75) is 78.1 Å². The number of carbonyl (C=O) groups is 1. The molecular weight excluding hydrogens is 352 g/mol. The van der Waals surface area contributed by atoms with E-state index in [9.17, 15) is 25.0 Å². The highest BCUT2D eigenvalue weighted by Crippen LogP contribution is 2.38. The smallest absolute Gasteiger partial charge is 0.319 e. The summed E-state index contributed by atoms with van der Waals surface area (Å²) in [6, 6.07) is 2.55. The van der Waals surface area contributed by atoms with E-state index in [1.54, 1.807) is 6.92 Å². The molecule has 0 atom stereocenters. The van der Waals surface area contributed by atoms with Crippen molar-refractivity contribution < 1.29 is 19.4 Å². The molecule has 150 valence electrons. The van der Waals surface area contributed by atoms with E-state index in [0.717, 1.165) is 25.7 Å². The maximum Gasteiger partial charge on any atom is 0.319 e. The van der Waals surface area contributed by atoms with Gasteiger partial charge in [-0.2, -0.15) is 0 Å². The summed E-state index contributed by atoms with van der Waals surface area (Å²) in [5.41, 5.74) is -0.560. The van der Waals surface area contributed by atoms with Crippen molar-refractivity contribution in [1.82, 2.24) is 0 Å². The lowest BCUT2D eigenvalue weighted by molar-refractivity contribution is -0.395. The van der Waals surface area contributed by atoms with Crippen molar-refractivity contribution >= 4 is 17.3 Å². The molecule has 0 fully saturated rings. The summed E-state index contributed by atoms with van der Waals surface area (Å²) in [5.74, 6) is -1.30. The molecule has 0 amide bonds. The standard InChI is InChI=1S/C19H28N2O6/c1-3-5-6-7-8-9-10-12-15-13-16(20(23)24)19(17(14-15)21(25)26)27-18(22)11-4-2/h13-14H,3-12H2,1-2H3. The first-order chi connectivity index (χ1) is 12.9. The Morgan fingerprint density at radius 2 is 1.41 bits per heavy atom. The first kappa shape index (κ1) is 22.5. The number of hydrogen-bond acceptors (Lipinski definition) is 6. The van der Waals surface area contributed by atoms with E-state index in [4.69, 9.17) is 4.74 Å². The van der Waals surface area contributed by atoms with E-state index in [-0.39, 0.29) is 6.42 Å². The van der Waals surface area contributed by atoms with Gasteiger partial charge in [0.05, 0.1) is 9.85 Å². The topological polar surface area (TPSA) is 113 Å². The maximum atomic E-state index is 11.7. The third kappa shape index (κ3) is 7.72. The minimum Gasteiger partial charge on any atom is -0.412 e. The van der Waals surface area contributed by atoms with E-state index < -0.39 is 32.9 Å². The number of carbonyl (C=O) groups excluding carboxylic acids is 1. The number of esters is 1. The highest BCUT2D eigenvalue weighted by Gasteiger charge is 2.30. The first-order valence-corrected chi connectivity index (χ1v) is 9.57. The van der Waals surface area contributed by atoms with Gasteiger partial charge in [-0.3, -0.25) is 25.0 Å². The third-order valence-corrected chi connectivity index (χ3v) is 4.24. The Hall–Kier alpha value is -2.51. The average molecular weight is 380 g/mol. The predicted octanol–water partition coefficient (Wildman–Crippen LogP) is 5.50. The van der Waals surface area contributed by atoms with Crippen LogP contribution >= 0.6 is 0 Å². The molecule has 0 aliphatic heterocycles. The van der Waals surface area contributed by atoms with Gasteiger partial charge in [-0.25, -0.2) is 0 Å². The molecular formula is C19H28N2O6. The molecule has 1 aromatic carbocycles. The highest BCUT2D eigenvalue weighted by atomic mass is 16.6. The SMILES string of the molecule is CCCCCCCCCc1cc([N+](=O)[O-])c(OC(=O)CCC)c([N+](=O)[O-])c1. The van der Waals surface area contributed by atoms with Crippen LogP contribution in [0.15, 0.2) is 12.1 Å². The van der Waals surface area contributed by atoms with Crippen molar-refractivity contribution in [1.29, 1.82) is 0 Å². The molecule has 0 bridgehead atoms. The van der Waals surface area contributed by atoms with Crippen LogP contribution in [0.25, 0.3) is 0 Å². The van der Waals surface area contributed by atoms with Crippen LogP contribution in [0.2, 0.25) is 0 Å². The summed E-state index contributed by atoms with van der Waals surface area (Å²) in [4.78, 5) is 32.9. The number of nitro groups is 2. The van der Waals surface area contributed by atoms with Crippen molar-refractivity contribution in [2.24, 2.45) is 0 Å². The van der Waals surface area contributed by atoms with Gasteiger partial charge >= 0.3 is 17.3 Å². The first-order valence-electron chi connectivity index (χ1n) is 9.57. The number of unbranched alkanes of at least 4 members (excludes halogenated alkanes) is 6. The zero-order chi connectivity index (χ0) is 20.2. The summed E-state index contributed by atoms with van der Waals surface area (Å²) < 4.78 is 4.95. The van der Waals surface area contributed by atoms with Crippen LogP contribution in [0, 0.1) is 20.2 Å². The number of ether oxygens (including phenoxy) is 1. The summed E-state index contributed by atoms with van der Waals surface area (Å²) in [5, 5.41) is 22.7. The summed E-state index contributed by atoms with van der Waals surface area (Å²) in [6.07, 6.45) is 8.64. The molecule has 0 aliphatic rings. The molecule has 0 N–H and O–H groups in total. The lowest BCUT2D eigenvalue weighted by atomic mass is 10.0. The monoisotopic (exact) mass is 380 g/mol. The van der Waals surface area contributed by atoms with Crippen molar-refractivity contribution in [3.8, 4) is 5.75 Å². The molecule has 0 aliphatic carbocycles. The van der Waals surface area contributed by atoms with E-state index in [2.05, 4.69) is 6.92 Å². The fraction of sp³-hybridized carbons (Fsp3) is 0.632. The van der Waals surface area contributed by atoms with Crippen molar-refractivity contribution in [2.75, 3.05) is 0 Å². The minimum absolute atomic E-state index is 0.0358. The molecule has 1 rings (SSSR count). The zero-order valence-corrected chi connectivity index (χ0v) is 16.1. The fourth-order valence-corrected chi connectivity index (χ4v) is 2.83. The third-order valence-electron chi connectivity index (χ3n) is 4.24. The Bertz CT molecular complexity index is 625. The van der Waals surface area contributed by atoms with Gasteiger partial charge in [-0.05, 0) is 24.8 Å². The summed E-state index contributed by atoms with van der Waals surface area (Å²) in [6.45, 7) is 3.90. The molecule has 0 heterocycles. The van der Waals surface area contributed by atoms with Crippen LogP contribution in [-0.2, 0) is 11.2 Å². The number of nitro benzene ring substituents is 2. The van der Waals surface area contributed by atoms with E-state index in [0.29, 0.717) is 18.4 Å². The molecule has 8 heteroatoms. The normalized spacial score (nSPS) is 10.6. The second kappa shape index (κ2) is 12.0. The Balaban J connectivity index is 2.90. The second-order valence-corrected chi connectivity index (χ2v) is 6.57. The van der Waals surface area contributed by atoms with Gasteiger partial charge < -0.3 is 4.74 Å². The Kier molecular flexibility index (Phi) is 10.00. The van der Waals surface area contributed by atoms with Gasteiger partial charge in [-0.15, -0.1) is 0 Å². The minimum atomic E-state index is -0.740. The quantitative estimate of drug-likeness (QED) is 0.147. The number of rotatable bonds is 13. The van der Waals surface area contributed by atoms with Crippen molar-refractivity contribution in [3.63, 3.8) is 0 Å². The lowest BCUT2D eigenvalue weighted by Crippen LogP contribution is -2.10. The van der Waals surface area contributed by atoms with Gasteiger partial charge in [0.15, 0.2) is 0 Å². The number of benzene rings is 1. The fourth-order valence-electron chi connectivity index (χ4n) is 2.83. The van der Waals surface area contributed by atoms with Gasteiger partial charge in [0, 0.05) is 18.6 Å². The molecule has 0 radical (unpaired) electrons. The van der Waals surface area contributed by atoms with Crippen LogP contribution in [0.4, 0.5) is 11.4 Å². The van der Waals surface area contributed by atoms with Gasteiger partial charge in [0.25, 0.3) is 5.75 Å². The molecule has 0 saturated carbocycles. The molecule has 0 spiro atoms. The van der Waals surface area contributed by atoms with Crippen LogP contribution in [0.5, 0.6) is 5.75 Å². The van der Waals surface area contributed by atoms with Crippen LogP contribution < -0.4 is 4.74 Å². The maximum absolute atomic E-state index is 11.7. The Labute approximate surface area is 159 Å². The molecule has 8 nitrogen and oxygen atoms in total. The van der Waals surface area contributed by atoms with Gasteiger partial charge in [0.1, 0.15) is 0 Å². The van der Waals surface area contributed by atoms with Crippen LogP contribution in [0.1, 0.15) is 77.2 Å². The van der Waals surface area contributed by atoms with Gasteiger partial charge in [-0.1, -0.05) is 52.4 Å². The highest BCUT2D eigenvalue weighted by molar-refractivity contribution is 5.76. The number of hydrogen-bond donors (Lipinski definition) is 0. The Morgan fingerprint density at radius 1 is 0.889 bits per heavy atom. The zero-order valence-electron chi connectivity index (χ0n) is 16.1. The lowest BCUT2D eigenvalue weighted by Gasteiger charge is -2.08. The Morgan fingerprint density at radius 3 is 1.89 bits per heavy atom. The summed E-state index contributed by atoms with van der Waals surface area (Å²) in [7, 11) is 0.